The first-order chi connectivity index (χ1) is 6.74. The molecule has 0 amide bonds. The highest BCUT2D eigenvalue weighted by Crippen LogP contribution is 2.28. The summed E-state index contributed by atoms with van der Waals surface area (Å²) < 4.78 is 4.96. The highest BCUT2D eigenvalue weighted by atomic mass is 35.5. The van der Waals surface area contributed by atoms with Gasteiger partial charge in [-0.1, -0.05) is 11.6 Å². The lowest BCUT2D eigenvalue weighted by Crippen LogP contribution is -1.91. The molecular weight excluding hydrogens is 218 g/mol. The molecule has 2 nitrogen and oxygen atoms in total. The lowest BCUT2D eigenvalue weighted by atomic mass is 10.3. The molecule has 0 unspecified atom stereocenters. The van der Waals surface area contributed by atoms with E-state index >= 15 is 0 Å². The Morgan fingerprint density at radius 3 is 2.93 bits per heavy atom. The van der Waals surface area contributed by atoms with E-state index in [1.54, 1.807) is 24.9 Å². The molecule has 0 saturated heterocycles. The number of methoxy groups -OCH3 is 1. The molecule has 0 fully saturated rings. The second-order valence-corrected chi connectivity index (χ2v) is 4.43. The molecule has 1 aromatic rings. The van der Waals surface area contributed by atoms with E-state index in [1.165, 1.54) is 0 Å². The monoisotopic (exact) mass is 231 g/mol. The van der Waals surface area contributed by atoms with Crippen LogP contribution in [-0.2, 0) is 4.74 Å². The molecule has 14 heavy (non-hydrogen) atoms. The van der Waals surface area contributed by atoms with Crippen molar-refractivity contribution in [3.63, 3.8) is 0 Å². The smallest absolute Gasteiger partial charge is 0.0562 e. The van der Waals surface area contributed by atoms with Crippen LogP contribution in [0.2, 0.25) is 5.02 Å². The Morgan fingerprint density at radius 2 is 2.29 bits per heavy atom. The van der Waals surface area contributed by atoms with Gasteiger partial charge in [-0.2, -0.15) is 0 Å². The van der Waals surface area contributed by atoms with Crippen LogP contribution in [0.5, 0.6) is 0 Å². The van der Waals surface area contributed by atoms with Crippen LogP contribution in [0, 0.1) is 0 Å². The van der Waals surface area contributed by atoms with E-state index in [4.69, 9.17) is 22.1 Å². The summed E-state index contributed by atoms with van der Waals surface area (Å²) in [6.07, 6.45) is 1.03. The fraction of sp³-hybridized carbons (Fsp3) is 0.400. The van der Waals surface area contributed by atoms with Gasteiger partial charge in [0, 0.05) is 30.1 Å². The Labute approximate surface area is 93.8 Å². The molecule has 0 atom stereocenters. The number of nitrogen functional groups attached to an aromatic ring is 1. The van der Waals surface area contributed by atoms with Crippen LogP contribution in [0.15, 0.2) is 23.1 Å². The van der Waals surface area contributed by atoms with Crippen molar-refractivity contribution < 1.29 is 4.74 Å². The molecule has 0 aliphatic rings. The first kappa shape index (κ1) is 11.7. The number of thioether (sulfide) groups is 1. The molecule has 1 rings (SSSR count). The maximum Gasteiger partial charge on any atom is 0.0562 e. The van der Waals surface area contributed by atoms with Crippen LogP contribution in [0.1, 0.15) is 6.42 Å². The Hall–Kier alpha value is -0.380. The molecule has 0 aliphatic heterocycles. The van der Waals surface area contributed by atoms with Gasteiger partial charge in [0.2, 0.25) is 0 Å². The van der Waals surface area contributed by atoms with Gasteiger partial charge in [0.15, 0.2) is 0 Å². The molecule has 0 radical (unpaired) electrons. The third-order valence-corrected chi connectivity index (χ3v) is 3.29. The lowest BCUT2D eigenvalue weighted by molar-refractivity contribution is 0.200. The Bertz CT molecular complexity index is 293. The third kappa shape index (κ3) is 3.78. The first-order valence-corrected chi connectivity index (χ1v) is 5.77. The van der Waals surface area contributed by atoms with Crippen LogP contribution >= 0.6 is 23.4 Å². The summed E-state index contributed by atoms with van der Waals surface area (Å²) in [5, 5.41) is 0.729. The van der Waals surface area contributed by atoms with Crippen molar-refractivity contribution in [2.75, 3.05) is 25.2 Å². The molecule has 0 bridgehead atoms. The number of benzene rings is 1. The van der Waals surface area contributed by atoms with E-state index in [-0.39, 0.29) is 0 Å². The van der Waals surface area contributed by atoms with Crippen LogP contribution in [0.25, 0.3) is 0 Å². The number of nitrogens with two attached hydrogens (primary N) is 1. The zero-order valence-electron chi connectivity index (χ0n) is 8.13. The number of hydrogen-bond donors (Lipinski definition) is 1. The van der Waals surface area contributed by atoms with Crippen molar-refractivity contribution in [2.45, 2.75) is 11.3 Å². The average Bonchev–Trinajstić information content (AvgIpc) is 2.15. The van der Waals surface area contributed by atoms with Crippen molar-refractivity contribution in [1.82, 2.24) is 0 Å². The summed E-state index contributed by atoms with van der Waals surface area (Å²) in [5.74, 6) is 1.01. The molecule has 0 spiro atoms. The SMILES string of the molecule is COCCCSc1ccc(N)cc1Cl. The molecule has 0 aromatic heterocycles. The van der Waals surface area contributed by atoms with Crippen molar-refractivity contribution in [3.8, 4) is 0 Å². The predicted octanol–water partition coefficient (Wildman–Crippen LogP) is 3.05. The van der Waals surface area contributed by atoms with E-state index < -0.39 is 0 Å². The van der Waals surface area contributed by atoms with Gasteiger partial charge in [-0.25, -0.2) is 0 Å². The van der Waals surface area contributed by atoms with Gasteiger partial charge < -0.3 is 10.5 Å². The average molecular weight is 232 g/mol. The van der Waals surface area contributed by atoms with Gasteiger partial charge in [0.1, 0.15) is 0 Å². The molecule has 1 aromatic carbocycles. The number of anilines is 1. The Kier molecular flexibility index (Phi) is 5.15. The lowest BCUT2D eigenvalue weighted by Gasteiger charge is -2.04. The van der Waals surface area contributed by atoms with E-state index in [0.717, 1.165) is 28.7 Å². The standard InChI is InChI=1S/C10H14ClNOS/c1-13-5-2-6-14-10-4-3-8(12)7-9(10)11/h3-4,7H,2,5-6,12H2,1H3. The van der Waals surface area contributed by atoms with Crippen molar-refractivity contribution in [3.05, 3.63) is 23.2 Å². The number of ether oxygens (including phenoxy) is 1. The topological polar surface area (TPSA) is 35.2 Å². The van der Waals surface area contributed by atoms with Gasteiger partial charge in [-0.15, -0.1) is 11.8 Å². The van der Waals surface area contributed by atoms with Gasteiger partial charge in [-0.3, -0.25) is 0 Å². The van der Waals surface area contributed by atoms with Crippen LogP contribution in [-0.4, -0.2) is 19.5 Å². The normalized spacial score (nSPS) is 10.4. The van der Waals surface area contributed by atoms with Gasteiger partial charge in [0.05, 0.1) is 5.02 Å². The van der Waals surface area contributed by atoms with E-state index in [9.17, 15) is 0 Å². The van der Waals surface area contributed by atoms with Crippen molar-refractivity contribution in [2.24, 2.45) is 0 Å². The number of hydrogen-bond acceptors (Lipinski definition) is 3. The van der Waals surface area contributed by atoms with Gasteiger partial charge in [0.25, 0.3) is 0 Å². The quantitative estimate of drug-likeness (QED) is 0.481. The highest BCUT2D eigenvalue weighted by molar-refractivity contribution is 7.99. The number of halogens is 1. The molecule has 78 valence electrons. The van der Waals surface area contributed by atoms with Gasteiger partial charge >= 0.3 is 0 Å². The molecule has 4 heteroatoms. The summed E-state index contributed by atoms with van der Waals surface area (Å²) in [6.45, 7) is 0.791. The number of rotatable bonds is 5. The molecule has 0 saturated carbocycles. The fourth-order valence-corrected chi connectivity index (χ4v) is 2.22. The minimum absolute atomic E-state index is 0.705. The van der Waals surface area contributed by atoms with E-state index in [1.807, 2.05) is 12.1 Å². The van der Waals surface area contributed by atoms with E-state index in [2.05, 4.69) is 0 Å². The summed E-state index contributed by atoms with van der Waals surface area (Å²) in [6, 6.07) is 5.60. The Morgan fingerprint density at radius 1 is 1.50 bits per heavy atom. The second kappa shape index (κ2) is 6.17. The van der Waals surface area contributed by atoms with Crippen LogP contribution in [0.3, 0.4) is 0 Å². The van der Waals surface area contributed by atoms with Gasteiger partial charge in [-0.05, 0) is 24.6 Å². The summed E-state index contributed by atoms with van der Waals surface area (Å²) in [4.78, 5) is 1.08. The summed E-state index contributed by atoms with van der Waals surface area (Å²) >= 11 is 7.74. The van der Waals surface area contributed by atoms with Crippen LogP contribution < -0.4 is 5.73 Å². The summed E-state index contributed by atoms with van der Waals surface area (Å²) in [7, 11) is 1.71. The minimum Gasteiger partial charge on any atom is -0.399 e. The largest absolute Gasteiger partial charge is 0.399 e. The van der Waals surface area contributed by atoms with Crippen molar-refractivity contribution >= 4 is 29.1 Å². The molecule has 0 aliphatic carbocycles. The van der Waals surface area contributed by atoms with Crippen LogP contribution in [0.4, 0.5) is 5.69 Å². The fourth-order valence-electron chi connectivity index (χ4n) is 1.02. The summed E-state index contributed by atoms with van der Waals surface area (Å²) in [5.41, 5.74) is 6.30. The predicted molar refractivity (Wildman–Crippen MR) is 63.1 cm³/mol. The third-order valence-electron chi connectivity index (χ3n) is 1.71. The maximum atomic E-state index is 6.01. The molecule has 0 heterocycles. The second-order valence-electron chi connectivity index (χ2n) is 2.88. The van der Waals surface area contributed by atoms with Crippen molar-refractivity contribution in [1.29, 1.82) is 0 Å². The minimum atomic E-state index is 0.705. The first-order valence-electron chi connectivity index (χ1n) is 4.41. The molecule has 2 N–H and O–H groups in total. The zero-order chi connectivity index (χ0) is 10.4. The zero-order valence-corrected chi connectivity index (χ0v) is 9.70. The highest BCUT2D eigenvalue weighted by Gasteiger charge is 2.00. The molecular formula is C10H14ClNOS. The van der Waals surface area contributed by atoms with E-state index in [0.29, 0.717) is 5.69 Å². The Balaban J connectivity index is 2.42. The maximum absolute atomic E-state index is 6.01.